The summed E-state index contributed by atoms with van der Waals surface area (Å²) in [7, 11) is 0. The van der Waals surface area contributed by atoms with Crippen molar-refractivity contribution >= 4 is 0 Å². The molecule has 2 heteroatoms. The molecule has 0 aromatic heterocycles. The maximum atomic E-state index is 3.87. The molecule has 0 radical (unpaired) electrons. The summed E-state index contributed by atoms with van der Waals surface area (Å²) in [6, 6.07) is 0. The van der Waals surface area contributed by atoms with Crippen LogP contribution in [0.5, 0.6) is 0 Å². The first-order valence-corrected chi connectivity index (χ1v) is 5.57. The minimum absolute atomic E-state index is 0.821. The smallest absolute Gasteiger partial charge is 0.0389 e. The molecule has 2 N–H and O–H groups in total. The molecule has 0 bridgehead atoms. The molecule has 0 saturated heterocycles. The van der Waals surface area contributed by atoms with Crippen molar-refractivity contribution in [3.63, 3.8) is 0 Å². The lowest BCUT2D eigenvalue weighted by atomic mass is 10.1. The first kappa shape index (κ1) is 12.5. The first-order chi connectivity index (χ1) is 7.77. The zero-order chi connectivity index (χ0) is 11.8. The molecule has 2 nitrogen and oxygen atoms in total. The summed E-state index contributed by atoms with van der Waals surface area (Å²) in [5, 5.41) is 6.62. The standard InChI is InChI=1S/C14H20N2/c1-4-6-9-14(16-12(3)5-2)13-8-7-10-15-11-13/h4-5,8-9,15-16H,1-3,6-7,10-11H2/b14-9-. The van der Waals surface area contributed by atoms with Crippen LogP contribution in [0.25, 0.3) is 0 Å². The fourth-order valence-corrected chi connectivity index (χ4v) is 1.54. The van der Waals surface area contributed by atoms with Crippen molar-refractivity contribution in [2.45, 2.75) is 12.8 Å². The van der Waals surface area contributed by atoms with Gasteiger partial charge in [-0.2, -0.15) is 0 Å². The van der Waals surface area contributed by atoms with Crippen LogP contribution in [0.15, 0.2) is 61.0 Å². The predicted octanol–water partition coefficient (Wildman–Crippen LogP) is 2.66. The Morgan fingerprint density at radius 2 is 2.31 bits per heavy atom. The molecule has 1 aliphatic rings. The quantitative estimate of drug-likeness (QED) is 0.527. The summed E-state index contributed by atoms with van der Waals surface area (Å²) in [4.78, 5) is 0. The normalized spacial score (nSPS) is 16.2. The first-order valence-electron chi connectivity index (χ1n) is 5.57. The van der Waals surface area contributed by atoms with E-state index >= 15 is 0 Å². The third-order valence-electron chi connectivity index (χ3n) is 2.40. The summed E-state index contributed by atoms with van der Waals surface area (Å²) in [5.74, 6) is 0. The van der Waals surface area contributed by atoms with Crippen LogP contribution in [0.4, 0.5) is 0 Å². The van der Waals surface area contributed by atoms with Crippen LogP contribution >= 0.6 is 0 Å². The van der Waals surface area contributed by atoms with Crippen molar-refractivity contribution in [1.82, 2.24) is 10.6 Å². The van der Waals surface area contributed by atoms with Crippen LogP contribution in [0.3, 0.4) is 0 Å². The van der Waals surface area contributed by atoms with E-state index in [9.17, 15) is 0 Å². The van der Waals surface area contributed by atoms with Gasteiger partial charge in [0, 0.05) is 17.9 Å². The summed E-state index contributed by atoms with van der Waals surface area (Å²) in [6.45, 7) is 13.3. The molecule has 0 amide bonds. The average Bonchev–Trinajstić information content (AvgIpc) is 2.35. The molecule has 1 heterocycles. The highest BCUT2D eigenvalue weighted by molar-refractivity contribution is 5.35. The van der Waals surface area contributed by atoms with Gasteiger partial charge in [0.25, 0.3) is 0 Å². The third-order valence-corrected chi connectivity index (χ3v) is 2.40. The topological polar surface area (TPSA) is 24.1 Å². The second-order valence-corrected chi connectivity index (χ2v) is 3.69. The Balaban J connectivity index is 2.77. The van der Waals surface area contributed by atoms with Crippen molar-refractivity contribution in [3.8, 4) is 0 Å². The van der Waals surface area contributed by atoms with Gasteiger partial charge in [0.1, 0.15) is 0 Å². The van der Waals surface area contributed by atoms with E-state index in [1.165, 1.54) is 5.57 Å². The molecule has 16 heavy (non-hydrogen) atoms. The van der Waals surface area contributed by atoms with Crippen molar-refractivity contribution < 1.29 is 0 Å². The number of allylic oxidation sites excluding steroid dienone is 3. The van der Waals surface area contributed by atoms with Gasteiger partial charge in [-0.3, -0.25) is 0 Å². The predicted molar refractivity (Wildman–Crippen MR) is 70.9 cm³/mol. The third kappa shape index (κ3) is 3.91. The van der Waals surface area contributed by atoms with Gasteiger partial charge in [-0.15, -0.1) is 6.58 Å². The van der Waals surface area contributed by atoms with Gasteiger partial charge in [0.2, 0.25) is 0 Å². The Morgan fingerprint density at radius 3 is 2.88 bits per heavy atom. The lowest BCUT2D eigenvalue weighted by molar-refractivity contribution is 0.699. The zero-order valence-electron chi connectivity index (χ0n) is 9.76. The summed E-state index contributed by atoms with van der Waals surface area (Å²) in [6.07, 6.45) is 9.91. The van der Waals surface area contributed by atoms with Gasteiger partial charge in [-0.05, 0) is 31.0 Å². The Hall–Kier alpha value is -1.54. The maximum absolute atomic E-state index is 3.87. The van der Waals surface area contributed by atoms with Gasteiger partial charge in [-0.25, -0.2) is 0 Å². The summed E-state index contributed by atoms with van der Waals surface area (Å²) in [5.41, 5.74) is 3.22. The largest absolute Gasteiger partial charge is 0.356 e. The molecule has 86 valence electrons. The molecule has 0 aliphatic carbocycles. The second kappa shape index (κ2) is 6.85. The molecule has 0 atom stereocenters. The molecule has 0 saturated carbocycles. The highest BCUT2D eigenvalue weighted by Crippen LogP contribution is 2.13. The van der Waals surface area contributed by atoms with Crippen molar-refractivity contribution in [2.75, 3.05) is 13.1 Å². The Labute approximate surface area is 98.1 Å². The number of nitrogens with one attached hydrogen (secondary N) is 2. The van der Waals surface area contributed by atoms with Gasteiger partial charge >= 0.3 is 0 Å². The molecule has 1 rings (SSSR count). The van der Waals surface area contributed by atoms with E-state index in [1.807, 2.05) is 6.08 Å². The van der Waals surface area contributed by atoms with Crippen LogP contribution in [0, 0.1) is 0 Å². The molecule has 0 spiro atoms. The van der Waals surface area contributed by atoms with Gasteiger partial charge in [-0.1, -0.05) is 31.4 Å². The summed E-state index contributed by atoms with van der Waals surface area (Å²) < 4.78 is 0. The minimum atomic E-state index is 0.821. The van der Waals surface area contributed by atoms with Crippen molar-refractivity contribution in [2.24, 2.45) is 0 Å². The number of hydrogen-bond donors (Lipinski definition) is 2. The van der Waals surface area contributed by atoms with Crippen molar-refractivity contribution in [1.29, 1.82) is 0 Å². The van der Waals surface area contributed by atoms with Crippen LogP contribution in [-0.4, -0.2) is 13.1 Å². The van der Waals surface area contributed by atoms with E-state index in [1.54, 1.807) is 6.08 Å². The highest BCUT2D eigenvalue weighted by Gasteiger charge is 2.07. The monoisotopic (exact) mass is 216 g/mol. The van der Waals surface area contributed by atoms with Crippen LogP contribution < -0.4 is 10.6 Å². The highest BCUT2D eigenvalue weighted by atomic mass is 14.9. The lowest BCUT2D eigenvalue weighted by Crippen LogP contribution is -2.26. The van der Waals surface area contributed by atoms with E-state index < -0.39 is 0 Å². The molecule has 0 fully saturated rings. The Kier molecular flexibility index (Phi) is 5.37. The molecule has 1 aliphatic heterocycles. The fraction of sp³-hybridized carbons (Fsp3) is 0.286. The average molecular weight is 216 g/mol. The molecule has 0 aromatic carbocycles. The molecular formula is C14H20N2. The fourth-order valence-electron chi connectivity index (χ4n) is 1.54. The van der Waals surface area contributed by atoms with E-state index in [0.717, 1.165) is 37.3 Å². The van der Waals surface area contributed by atoms with Crippen LogP contribution in [0.1, 0.15) is 12.8 Å². The van der Waals surface area contributed by atoms with Crippen molar-refractivity contribution in [3.05, 3.63) is 61.0 Å². The van der Waals surface area contributed by atoms with Gasteiger partial charge < -0.3 is 10.6 Å². The van der Waals surface area contributed by atoms with Crippen LogP contribution in [0.2, 0.25) is 0 Å². The zero-order valence-corrected chi connectivity index (χ0v) is 9.76. The van der Waals surface area contributed by atoms with Gasteiger partial charge in [0.05, 0.1) is 0 Å². The SMILES string of the molecule is C=CC/C=C(\NC(=C)C=C)C1=CCCNC1. The van der Waals surface area contributed by atoms with Gasteiger partial charge in [0.15, 0.2) is 0 Å². The van der Waals surface area contributed by atoms with E-state index in [2.05, 4.69) is 42.5 Å². The minimum Gasteiger partial charge on any atom is -0.356 e. The van der Waals surface area contributed by atoms with E-state index in [0.29, 0.717) is 0 Å². The lowest BCUT2D eigenvalue weighted by Gasteiger charge is -2.19. The van der Waals surface area contributed by atoms with E-state index in [4.69, 9.17) is 0 Å². The maximum Gasteiger partial charge on any atom is 0.0389 e. The van der Waals surface area contributed by atoms with Crippen LogP contribution in [-0.2, 0) is 0 Å². The molecule has 0 aromatic rings. The Morgan fingerprint density at radius 1 is 1.50 bits per heavy atom. The second-order valence-electron chi connectivity index (χ2n) is 3.69. The Bertz CT molecular complexity index is 335. The summed E-state index contributed by atoms with van der Waals surface area (Å²) >= 11 is 0. The molecular weight excluding hydrogens is 196 g/mol. The number of hydrogen-bond acceptors (Lipinski definition) is 2. The molecule has 0 unspecified atom stereocenters. The number of rotatable bonds is 6. The van der Waals surface area contributed by atoms with E-state index in [-0.39, 0.29) is 0 Å².